The van der Waals surface area contributed by atoms with Gasteiger partial charge in [0.05, 0.1) is 0 Å². The molecule has 0 saturated carbocycles. The third-order valence-corrected chi connectivity index (χ3v) is 4.20. The summed E-state index contributed by atoms with van der Waals surface area (Å²) in [4.78, 5) is 12.0. The molecule has 2 aromatic heterocycles. The number of aromatic amines is 1. The van der Waals surface area contributed by atoms with Gasteiger partial charge >= 0.3 is 0 Å². The summed E-state index contributed by atoms with van der Waals surface area (Å²) in [6.45, 7) is 0.688. The van der Waals surface area contributed by atoms with Gasteiger partial charge in [0.2, 0.25) is 0 Å². The molecule has 0 fully saturated rings. The first-order valence-corrected chi connectivity index (χ1v) is 7.99. The Bertz CT molecular complexity index is 1010. The van der Waals surface area contributed by atoms with Crippen LogP contribution >= 0.6 is 11.6 Å². The van der Waals surface area contributed by atoms with Crippen LogP contribution in [-0.4, -0.2) is 21.5 Å². The molecule has 2 N–H and O–H groups in total. The summed E-state index contributed by atoms with van der Waals surface area (Å²) in [5.74, 6) is 0.524. The fourth-order valence-electron chi connectivity index (χ4n) is 2.77. The van der Waals surface area contributed by atoms with Gasteiger partial charge in [0.15, 0.2) is 5.82 Å². The number of rotatable bonds is 4. The quantitative estimate of drug-likeness (QED) is 0.572. The first-order chi connectivity index (χ1) is 11.7. The van der Waals surface area contributed by atoms with E-state index in [0.717, 1.165) is 39.7 Å². The van der Waals surface area contributed by atoms with E-state index in [0.29, 0.717) is 11.6 Å². The number of aromatic nitrogens is 3. The molecule has 4 aromatic rings. The van der Waals surface area contributed by atoms with Crippen LogP contribution in [0.3, 0.4) is 0 Å². The SMILES string of the molecule is Fc1ccc(CCNc2ncnc3c2[nH]c2ccc(Cl)cc23)cc1. The zero-order valence-electron chi connectivity index (χ0n) is 12.7. The third kappa shape index (κ3) is 2.78. The molecule has 0 radical (unpaired) electrons. The molecule has 2 heterocycles. The van der Waals surface area contributed by atoms with Crippen LogP contribution in [0.25, 0.3) is 21.9 Å². The molecular formula is C18H14ClFN4. The molecule has 0 amide bonds. The van der Waals surface area contributed by atoms with Gasteiger partial charge in [-0.05, 0) is 42.3 Å². The van der Waals surface area contributed by atoms with E-state index in [-0.39, 0.29) is 5.82 Å². The lowest BCUT2D eigenvalue weighted by Gasteiger charge is -2.06. The van der Waals surface area contributed by atoms with Crippen LogP contribution in [0.15, 0.2) is 48.8 Å². The Balaban J connectivity index is 1.60. The number of benzene rings is 2. The van der Waals surface area contributed by atoms with Crippen LogP contribution < -0.4 is 5.32 Å². The van der Waals surface area contributed by atoms with Crippen molar-refractivity contribution < 1.29 is 4.39 Å². The summed E-state index contributed by atoms with van der Waals surface area (Å²) in [5, 5.41) is 4.96. The maximum atomic E-state index is 12.9. The van der Waals surface area contributed by atoms with Crippen LogP contribution in [0.5, 0.6) is 0 Å². The van der Waals surface area contributed by atoms with Gasteiger partial charge in [-0.25, -0.2) is 14.4 Å². The van der Waals surface area contributed by atoms with E-state index in [1.54, 1.807) is 12.1 Å². The number of hydrogen-bond donors (Lipinski definition) is 2. The highest BCUT2D eigenvalue weighted by Gasteiger charge is 2.10. The van der Waals surface area contributed by atoms with Crippen molar-refractivity contribution in [2.75, 3.05) is 11.9 Å². The Labute approximate surface area is 142 Å². The van der Waals surface area contributed by atoms with Gasteiger partial charge in [-0.3, -0.25) is 0 Å². The lowest BCUT2D eigenvalue weighted by Crippen LogP contribution is -2.07. The predicted octanol–water partition coefficient (Wildman–Crippen LogP) is 4.56. The van der Waals surface area contributed by atoms with Gasteiger partial charge in [-0.2, -0.15) is 0 Å². The summed E-state index contributed by atoms with van der Waals surface area (Å²) in [7, 11) is 0. The maximum Gasteiger partial charge on any atom is 0.153 e. The first kappa shape index (κ1) is 14.9. The van der Waals surface area contributed by atoms with Crippen LogP contribution in [0, 0.1) is 5.82 Å². The zero-order valence-corrected chi connectivity index (χ0v) is 13.4. The molecule has 120 valence electrons. The lowest BCUT2D eigenvalue weighted by atomic mass is 10.1. The van der Waals surface area contributed by atoms with Crippen molar-refractivity contribution in [1.29, 1.82) is 0 Å². The van der Waals surface area contributed by atoms with E-state index in [1.165, 1.54) is 18.5 Å². The Morgan fingerprint density at radius 1 is 1.08 bits per heavy atom. The molecular weight excluding hydrogens is 327 g/mol. The number of nitrogens with one attached hydrogen (secondary N) is 2. The molecule has 6 heteroatoms. The van der Waals surface area contributed by atoms with Gasteiger partial charge in [-0.15, -0.1) is 0 Å². The van der Waals surface area contributed by atoms with Crippen molar-refractivity contribution in [1.82, 2.24) is 15.0 Å². The van der Waals surface area contributed by atoms with Crippen molar-refractivity contribution in [2.24, 2.45) is 0 Å². The van der Waals surface area contributed by atoms with Gasteiger partial charge in [0, 0.05) is 22.5 Å². The fraction of sp³-hybridized carbons (Fsp3) is 0.111. The monoisotopic (exact) mass is 340 g/mol. The Morgan fingerprint density at radius 3 is 2.75 bits per heavy atom. The van der Waals surface area contributed by atoms with E-state index in [1.807, 2.05) is 18.2 Å². The van der Waals surface area contributed by atoms with Crippen molar-refractivity contribution in [3.05, 3.63) is 65.2 Å². The number of anilines is 1. The molecule has 0 aliphatic heterocycles. The molecule has 2 aromatic carbocycles. The minimum Gasteiger partial charge on any atom is -0.368 e. The topological polar surface area (TPSA) is 53.6 Å². The molecule has 0 spiro atoms. The third-order valence-electron chi connectivity index (χ3n) is 3.96. The van der Waals surface area contributed by atoms with Crippen molar-refractivity contribution >= 4 is 39.4 Å². The molecule has 0 unspecified atom stereocenters. The van der Waals surface area contributed by atoms with Gasteiger partial charge in [0.1, 0.15) is 23.2 Å². The standard InChI is InChI=1S/C18H14ClFN4/c19-12-3-6-15-14(9-12)16-17(24-15)18(23-10-22-16)21-8-7-11-1-4-13(20)5-2-11/h1-6,9-10,24H,7-8H2,(H,21,22,23). The molecule has 4 nitrogen and oxygen atoms in total. The van der Waals surface area contributed by atoms with Crippen molar-refractivity contribution in [3.8, 4) is 0 Å². The number of H-pyrrole nitrogens is 1. The minimum absolute atomic E-state index is 0.221. The molecule has 0 atom stereocenters. The number of fused-ring (bicyclic) bond motifs is 3. The number of nitrogens with zero attached hydrogens (tertiary/aromatic N) is 2. The highest BCUT2D eigenvalue weighted by Crippen LogP contribution is 2.29. The molecule has 24 heavy (non-hydrogen) atoms. The van der Waals surface area contributed by atoms with E-state index >= 15 is 0 Å². The van der Waals surface area contributed by atoms with Crippen LogP contribution in [0.1, 0.15) is 5.56 Å². The average molecular weight is 341 g/mol. The molecule has 0 aliphatic carbocycles. The number of hydrogen-bond acceptors (Lipinski definition) is 3. The van der Waals surface area contributed by atoms with Crippen molar-refractivity contribution in [3.63, 3.8) is 0 Å². The lowest BCUT2D eigenvalue weighted by molar-refractivity contribution is 0.627. The Kier molecular flexibility index (Phi) is 3.78. The zero-order chi connectivity index (χ0) is 16.5. The molecule has 0 aliphatic rings. The van der Waals surface area contributed by atoms with E-state index in [4.69, 9.17) is 11.6 Å². The van der Waals surface area contributed by atoms with Crippen LogP contribution in [0.2, 0.25) is 5.02 Å². The number of halogens is 2. The Hall–Kier alpha value is -2.66. The second-order valence-electron chi connectivity index (χ2n) is 5.56. The van der Waals surface area contributed by atoms with Gasteiger partial charge in [0.25, 0.3) is 0 Å². The molecule has 4 rings (SSSR count). The smallest absolute Gasteiger partial charge is 0.153 e. The summed E-state index contributed by atoms with van der Waals surface area (Å²) in [5.41, 5.74) is 3.73. The highest BCUT2D eigenvalue weighted by atomic mass is 35.5. The molecule has 0 bridgehead atoms. The van der Waals surface area contributed by atoms with Gasteiger partial charge < -0.3 is 10.3 Å². The first-order valence-electron chi connectivity index (χ1n) is 7.61. The van der Waals surface area contributed by atoms with E-state index in [2.05, 4.69) is 20.3 Å². The minimum atomic E-state index is -0.221. The highest BCUT2D eigenvalue weighted by molar-refractivity contribution is 6.31. The van der Waals surface area contributed by atoms with E-state index in [9.17, 15) is 4.39 Å². The maximum absolute atomic E-state index is 12.9. The summed E-state index contributed by atoms with van der Waals surface area (Å²) >= 11 is 6.08. The normalized spacial score (nSPS) is 11.2. The van der Waals surface area contributed by atoms with E-state index < -0.39 is 0 Å². The van der Waals surface area contributed by atoms with Gasteiger partial charge in [-0.1, -0.05) is 23.7 Å². The Morgan fingerprint density at radius 2 is 1.92 bits per heavy atom. The summed E-state index contributed by atoms with van der Waals surface area (Å²) in [6.07, 6.45) is 2.31. The van der Waals surface area contributed by atoms with Crippen LogP contribution in [-0.2, 0) is 6.42 Å². The van der Waals surface area contributed by atoms with Crippen LogP contribution in [0.4, 0.5) is 10.2 Å². The average Bonchev–Trinajstić information content (AvgIpc) is 2.95. The second-order valence-corrected chi connectivity index (χ2v) is 6.00. The fourth-order valence-corrected chi connectivity index (χ4v) is 2.95. The summed E-state index contributed by atoms with van der Waals surface area (Å²) < 4.78 is 12.9. The van der Waals surface area contributed by atoms with Crippen molar-refractivity contribution in [2.45, 2.75) is 6.42 Å². The predicted molar refractivity (Wildman–Crippen MR) is 95.0 cm³/mol. The molecule has 0 saturated heterocycles. The summed E-state index contributed by atoms with van der Waals surface area (Å²) in [6, 6.07) is 12.2. The second kappa shape index (κ2) is 6.09. The largest absolute Gasteiger partial charge is 0.368 e.